The lowest BCUT2D eigenvalue weighted by Gasteiger charge is -2.32. The highest BCUT2D eigenvalue weighted by molar-refractivity contribution is 7.11. The third-order valence-corrected chi connectivity index (χ3v) is 11.8. The van der Waals surface area contributed by atoms with Gasteiger partial charge in [-0.05, 0) is 103 Å². The Balaban J connectivity index is 0.000000186. The molecule has 0 saturated carbocycles. The first-order chi connectivity index (χ1) is 29.0. The first kappa shape index (κ1) is 44.7. The minimum absolute atomic E-state index is 0.171. The molecule has 2 aliphatic heterocycles. The van der Waals surface area contributed by atoms with E-state index in [1.54, 1.807) is 21.9 Å². The summed E-state index contributed by atoms with van der Waals surface area (Å²) in [6.07, 6.45) is -5.33. The number of aromatic nitrogens is 2. The highest BCUT2D eigenvalue weighted by Gasteiger charge is 2.33. The molecule has 0 spiro atoms. The summed E-state index contributed by atoms with van der Waals surface area (Å²) in [5, 5.41) is 6.60. The monoisotopic (exact) mass is 902 g/mol. The molecule has 10 nitrogen and oxygen atoms in total. The van der Waals surface area contributed by atoms with E-state index >= 15 is 0 Å². The molecule has 8 rings (SSSR count). The van der Waals surface area contributed by atoms with Gasteiger partial charge in [0.2, 0.25) is 0 Å². The van der Waals surface area contributed by atoms with Crippen LogP contribution in [0.1, 0.15) is 87.9 Å². The molecule has 18 heteroatoms. The third kappa shape index (κ3) is 10.8. The van der Waals surface area contributed by atoms with Crippen LogP contribution in [-0.4, -0.2) is 69.3 Å². The Bertz CT molecular complexity index is 2600. The zero-order chi connectivity index (χ0) is 44.8. The Morgan fingerprint density at radius 2 is 1.18 bits per heavy atom. The van der Waals surface area contributed by atoms with E-state index in [0.717, 1.165) is 52.7 Å². The quantitative estimate of drug-likeness (QED) is 0.161. The lowest BCUT2D eigenvalue weighted by molar-refractivity contribution is -0.138. The number of fused-ring (bicyclic) bond motifs is 2. The van der Waals surface area contributed by atoms with Crippen molar-refractivity contribution in [2.24, 2.45) is 0 Å². The minimum Gasteiger partial charge on any atom is -0.454 e. The van der Waals surface area contributed by atoms with E-state index in [4.69, 9.17) is 18.3 Å². The van der Waals surface area contributed by atoms with Gasteiger partial charge in [0.25, 0.3) is 0 Å². The third-order valence-electron chi connectivity index (χ3n) is 9.86. The van der Waals surface area contributed by atoms with E-state index in [2.05, 4.69) is 9.97 Å². The SMILES string of the molecule is CC(C)(C)OC(=O)N1CC=C(c2nc(-c3cc4ccc(C(F)(F)F)cc4o3)cs2)CC1.CC(C)(C)OC(=O)N1CCC(c2nc(-c3cc4ccc(C(F)(F)F)cc4o3)cs2)CC1. The van der Waals surface area contributed by atoms with Crippen molar-refractivity contribution in [1.29, 1.82) is 0 Å². The molecule has 0 aliphatic carbocycles. The Kier molecular flexibility index (Phi) is 12.3. The average molecular weight is 903 g/mol. The Hall–Kier alpha value is -5.36. The van der Waals surface area contributed by atoms with E-state index < -0.39 is 34.7 Å². The van der Waals surface area contributed by atoms with Gasteiger partial charge in [0.1, 0.15) is 38.8 Å². The number of carbonyl (C=O) groups is 2. The summed E-state index contributed by atoms with van der Waals surface area (Å²) in [6, 6.07) is 10.3. The molecule has 2 amide bonds. The molecular formula is C44H44F6N4O6S2. The van der Waals surface area contributed by atoms with Crippen molar-refractivity contribution in [1.82, 2.24) is 19.8 Å². The van der Waals surface area contributed by atoms with Crippen LogP contribution >= 0.6 is 22.7 Å². The summed E-state index contributed by atoms with van der Waals surface area (Å²) >= 11 is 2.94. The van der Waals surface area contributed by atoms with Gasteiger partial charge in [0.05, 0.1) is 16.1 Å². The number of benzene rings is 2. The van der Waals surface area contributed by atoms with E-state index in [1.165, 1.54) is 34.8 Å². The van der Waals surface area contributed by atoms with Crippen LogP contribution in [-0.2, 0) is 21.8 Å². The molecule has 6 aromatic rings. The molecule has 0 N–H and O–H groups in total. The number of furan rings is 2. The van der Waals surface area contributed by atoms with Gasteiger partial charge >= 0.3 is 24.5 Å². The number of hydrogen-bond donors (Lipinski definition) is 0. The van der Waals surface area contributed by atoms with Crippen LogP contribution < -0.4 is 0 Å². The van der Waals surface area contributed by atoms with Crippen LogP contribution in [0.15, 0.2) is 74.2 Å². The minimum atomic E-state index is -4.42. The molecular weight excluding hydrogens is 859 g/mol. The number of nitrogens with zero attached hydrogens (tertiary/aromatic N) is 4. The van der Waals surface area contributed by atoms with Crippen molar-refractivity contribution in [3.63, 3.8) is 0 Å². The van der Waals surface area contributed by atoms with Crippen molar-refractivity contribution < 1.29 is 54.2 Å². The Morgan fingerprint density at radius 1 is 0.677 bits per heavy atom. The Labute approximate surface area is 361 Å². The molecule has 4 aromatic heterocycles. The van der Waals surface area contributed by atoms with Crippen LogP contribution in [0.2, 0.25) is 0 Å². The maximum atomic E-state index is 12.9. The topological polar surface area (TPSA) is 111 Å². The van der Waals surface area contributed by atoms with Gasteiger partial charge in [-0.3, -0.25) is 0 Å². The lowest BCUT2D eigenvalue weighted by Crippen LogP contribution is -2.41. The fourth-order valence-corrected chi connectivity index (χ4v) is 8.64. The van der Waals surface area contributed by atoms with Crippen LogP contribution in [0.3, 0.4) is 0 Å². The number of piperidine rings is 1. The van der Waals surface area contributed by atoms with Crippen molar-refractivity contribution in [3.8, 4) is 22.9 Å². The van der Waals surface area contributed by atoms with Gasteiger partial charge in [-0.15, -0.1) is 22.7 Å². The number of likely N-dealkylation sites (tertiary alicyclic amines) is 1. The zero-order valence-corrected chi connectivity index (χ0v) is 36.3. The zero-order valence-electron chi connectivity index (χ0n) is 34.7. The number of halogens is 6. The van der Waals surface area contributed by atoms with E-state index in [-0.39, 0.29) is 29.3 Å². The lowest BCUT2D eigenvalue weighted by atomic mass is 9.98. The second-order valence-corrected chi connectivity index (χ2v) is 18.7. The van der Waals surface area contributed by atoms with Crippen molar-refractivity contribution in [2.45, 2.75) is 90.3 Å². The number of hydrogen-bond acceptors (Lipinski definition) is 10. The molecule has 62 heavy (non-hydrogen) atoms. The molecule has 1 saturated heterocycles. The predicted molar refractivity (Wildman–Crippen MR) is 225 cm³/mol. The van der Waals surface area contributed by atoms with E-state index in [1.807, 2.05) is 58.4 Å². The van der Waals surface area contributed by atoms with Gasteiger partial charge < -0.3 is 28.1 Å². The molecule has 2 aromatic carbocycles. The van der Waals surface area contributed by atoms with Gasteiger partial charge in [-0.2, -0.15) is 26.3 Å². The van der Waals surface area contributed by atoms with Gasteiger partial charge in [-0.25, -0.2) is 19.6 Å². The maximum absolute atomic E-state index is 12.9. The fraction of sp³-hybridized carbons (Fsp3) is 0.409. The van der Waals surface area contributed by atoms with Gasteiger partial charge in [-0.1, -0.05) is 18.2 Å². The maximum Gasteiger partial charge on any atom is 0.416 e. The molecule has 1 fully saturated rings. The fourth-order valence-electron chi connectivity index (χ4n) is 6.78. The number of alkyl halides is 6. The largest absolute Gasteiger partial charge is 0.454 e. The second-order valence-electron chi connectivity index (χ2n) is 17.0. The summed E-state index contributed by atoms with van der Waals surface area (Å²) in [7, 11) is 0. The predicted octanol–water partition coefficient (Wildman–Crippen LogP) is 13.3. The highest BCUT2D eigenvalue weighted by atomic mass is 32.1. The Morgan fingerprint density at radius 3 is 1.66 bits per heavy atom. The van der Waals surface area contributed by atoms with Gasteiger partial charge in [0, 0.05) is 53.6 Å². The smallest absolute Gasteiger partial charge is 0.416 e. The first-order valence-corrected chi connectivity index (χ1v) is 21.5. The number of ether oxygens (including phenoxy) is 2. The number of carbonyl (C=O) groups excluding carboxylic acids is 2. The highest BCUT2D eigenvalue weighted by Crippen LogP contribution is 2.39. The van der Waals surface area contributed by atoms with E-state index in [0.29, 0.717) is 66.3 Å². The summed E-state index contributed by atoms with van der Waals surface area (Å²) < 4.78 is 99.7. The van der Waals surface area contributed by atoms with Gasteiger partial charge in [0.15, 0.2) is 11.5 Å². The molecule has 0 unspecified atom stereocenters. The number of rotatable bonds is 4. The van der Waals surface area contributed by atoms with Crippen LogP contribution in [0, 0.1) is 0 Å². The molecule has 0 bridgehead atoms. The molecule has 2 aliphatic rings. The number of thiazole rings is 2. The standard InChI is InChI=1S/C22H23F3N2O3S.C22H21F3N2O3S/c2*1-21(2,3)30-20(28)27-8-6-13(7-9-27)19-26-16(12-31-19)18-10-14-4-5-15(22(23,24)25)11-17(14)29-18/h4-5,10-13H,6-9H2,1-3H3;4-6,10-12H,7-9H2,1-3H3. The summed E-state index contributed by atoms with van der Waals surface area (Å²) in [5.74, 6) is 1.09. The summed E-state index contributed by atoms with van der Waals surface area (Å²) in [6.45, 7) is 13.2. The van der Waals surface area contributed by atoms with Crippen molar-refractivity contribution >= 4 is 62.4 Å². The van der Waals surface area contributed by atoms with Crippen molar-refractivity contribution in [3.05, 3.63) is 86.5 Å². The molecule has 6 heterocycles. The first-order valence-electron chi connectivity index (χ1n) is 19.8. The normalized spacial score (nSPS) is 15.7. The number of amides is 2. The van der Waals surface area contributed by atoms with Crippen molar-refractivity contribution in [2.75, 3.05) is 26.2 Å². The molecule has 330 valence electrons. The van der Waals surface area contributed by atoms with Crippen LogP contribution in [0.25, 0.3) is 50.4 Å². The average Bonchev–Trinajstić information content (AvgIpc) is 4.01. The van der Waals surface area contributed by atoms with Crippen LogP contribution in [0.5, 0.6) is 0 Å². The summed E-state index contributed by atoms with van der Waals surface area (Å²) in [4.78, 5) is 37.0. The van der Waals surface area contributed by atoms with Crippen LogP contribution in [0.4, 0.5) is 35.9 Å². The molecule has 0 atom stereocenters. The second kappa shape index (κ2) is 17.1. The summed E-state index contributed by atoms with van der Waals surface area (Å²) in [5.41, 5.74) is 0.00315. The molecule has 0 radical (unpaired) electrons. The van der Waals surface area contributed by atoms with E-state index in [9.17, 15) is 35.9 Å².